The van der Waals surface area contributed by atoms with E-state index in [0.29, 0.717) is 0 Å². The Balaban J connectivity index is 1.79. The second-order valence-electron chi connectivity index (χ2n) is 15.0. The molecule has 0 bridgehead atoms. The maximum absolute atomic E-state index is 6.57. The van der Waals surface area contributed by atoms with Crippen LogP contribution in [0.5, 0.6) is 0 Å². The van der Waals surface area contributed by atoms with Crippen molar-refractivity contribution in [3.05, 3.63) is 76.9 Å². The summed E-state index contributed by atoms with van der Waals surface area (Å²) in [6.07, 6.45) is 0. The van der Waals surface area contributed by atoms with Gasteiger partial charge in [-0.05, 0) is 94.6 Å². The minimum absolute atomic E-state index is 0.0183. The third-order valence-electron chi connectivity index (χ3n) is 9.26. The quantitative estimate of drug-likeness (QED) is 0.323. The Morgan fingerprint density at radius 2 is 1.13 bits per heavy atom. The molecular weight excluding hydrogens is 463 g/mol. The zero-order valence-electron chi connectivity index (χ0n) is 25.6. The predicted molar refractivity (Wildman–Crippen MR) is 163 cm³/mol. The Kier molecular flexibility index (Phi) is 5.96. The molecule has 0 amide bonds. The molecule has 5 rings (SSSR count). The molecule has 1 heterocycles. The lowest BCUT2D eigenvalue weighted by molar-refractivity contribution is 0.00578. The van der Waals surface area contributed by atoms with Gasteiger partial charge in [-0.25, -0.2) is 0 Å². The van der Waals surface area contributed by atoms with Crippen molar-refractivity contribution in [3.8, 4) is 22.3 Å². The highest BCUT2D eigenvalue weighted by atomic mass is 16.7. The maximum atomic E-state index is 6.57. The zero-order chi connectivity index (χ0) is 28.1. The van der Waals surface area contributed by atoms with Crippen molar-refractivity contribution in [1.29, 1.82) is 0 Å². The van der Waals surface area contributed by atoms with Crippen LogP contribution in [0.3, 0.4) is 0 Å². The van der Waals surface area contributed by atoms with Crippen molar-refractivity contribution in [1.82, 2.24) is 0 Å². The van der Waals surface area contributed by atoms with E-state index in [2.05, 4.69) is 138 Å². The molecular formula is C35H45BO2. The Morgan fingerprint density at radius 3 is 1.71 bits per heavy atom. The highest BCUT2D eigenvalue weighted by Crippen LogP contribution is 2.54. The van der Waals surface area contributed by atoms with Crippen molar-refractivity contribution in [2.75, 3.05) is 0 Å². The molecule has 3 aromatic rings. The summed E-state index contributed by atoms with van der Waals surface area (Å²) in [4.78, 5) is 0. The van der Waals surface area contributed by atoms with Gasteiger partial charge in [-0.2, -0.15) is 0 Å². The van der Waals surface area contributed by atoms with Gasteiger partial charge in [0.1, 0.15) is 0 Å². The number of hydrogen-bond acceptors (Lipinski definition) is 2. The van der Waals surface area contributed by atoms with Crippen molar-refractivity contribution in [3.63, 3.8) is 0 Å². The van der Waals surface area contributed by atoms with E-state index in [1.54, 1.807) is 0 Å². The third-order valence-corrected chi connectivity index (χ3v) is 9.26. The van der Waals surface area contributed by atoms with E-state index >= 15 is 0 Å². The molecule has 0 atom stereocenters. The first kappa shape index (κ1) is 27.2. The topological polar surface area (TPSA) is 18.5 Å². The molecule has 0 radical (unpaired) electrons. The molecule has 2 nitrogen and oxygen atoms in total. The molecule has 38 heavy (non-hydrogen) atoms. The lowest BCUT2D eigenvalue weighted by Crippen LogP contribution is -2.41. The molecule has 3 aromatic carbocycles. The fourth-order valence-corrected chi connectivity index (χ4v) is 5.88. The molecule has 0 unspecified atom stereocenters. The summed E-state index contributed by atoms with van der Waals surface area (Å²) in [5, 5.41) is 0. The van der Waals surface area contributed by atoms with Crippen LogP contribution in [0.2, 0.25) is 0 Å². The molecule has 2 aliphatic rings. The van der Waals surface area contributed by atoms with Gasteiger partial charge in [0.25, 0.3) is 0 Å². The summed E-state index contributed by atoms with van der Waals surface area (Å²) < 4.78 is 13.1. The first-order chi connectivity index (χ1) is 17.3. The van der Waals surface area contributed by atoms with Gasteiger partial charge in [-0.15, -0.1) is 0 Å². The summed E-state index contributed by atoms with van der Waals surface area (Å²) in [5.41, 5.74) is 11.1. The Hall–Kier alpha value is -2.36. The van der Waals surface area contributed by atoms with E-state index in [9.17, 15) is 0 Å². The molecule has 1 fully saturated rings. The van der Waals surface area contributed by atoms with Gasteiger partial charge in [0.05, 0.1) is 11.2 Å². The second kappa shape index (κ2) is 8.32. The van der Waals surface area contributed by atoms with Crippen LogP contribution in [-0.4, -0.2) is 18.3 Å². The van der Waals surface area contributed by atoms with Crippen LogP contribution in [0.4, 0.5) is 0 Å². The number of benzene rings is 3. The zero-order valence-corrected chi connectivity index (χ0v) is 25.6. The minimum atomic E-state index is -0.415. The Morgan fingerprint density at radius 1 is 0.579 bits per heavy atom. The largest absolute Gasteiger partial charge is 0.495 e. The van der Waals surface area contributed by atoms with E-state index in [1.165, 1.54) is 44.5 Å². The first-order valence-electron chi connectivity index (χ1n) is 14.1. The van der Waals surface area contributed by atoms with Gasteiger partial charge in [0.2, 0.25) is 0 Å². The van der Waals surface area contributed by atoms with Gasteiger partial charge in [0.15, 0.2) is 0 Å². The molecule has 1 aliphatic carbocycles. The molecule has 1 saturated heterocycles. The minimum Gasteiger partial charge on any atom is -0.399 e. The van der Waals surface area contributed by atoms with Crippen molar-refractivity contribution in [2.45, 2.75) is 111 Å². The second-order valence-corrected chi connectivity index (χ2v) is 15.0. The number of fused-ring (bicyclic) bond motifs is 3. The van der Waals surface area contributed by atoms with Crippen LogP contribution in [0.1, 0.15) is 105 Å². The van der Waals surface area contributed by atoms with Gasteiger partial charge < -0.3 is 9.31 Å². The standard InChI is InChI=1S/C35H45BO2/c1-31(2,3)22-17-18-25-27(20-22)33(7,8)28-21-23(32(4,5)6)19-26(30(25)28)24-15-13-14-16-29(24)36-37-34(9,10)35(11,12)38-36/h13-21H,1-12H3. The van der Waals surface area contributed by atoms with Crippen LogP contribution in [0.25, 0.3) is 22.3 Å². The van der Waals surface area contributed by atoms with Gasteiger partial charge in [-0.3, -0.25) is 0 Å². The summed E-state index contributed by atoms with van der Waals surface area (Å²) in [7, 11) is -0.415. The van der Waals surface area contributed by atoms with Crippen LogP contribution in [0.15, 0.2) is 54.6 Å². The van der Waals surface area contributed by atoms with Crippen LogP contribution >= 0.6 is 0 Å². The lowest BCUT2D eigenvalue weighted by atomic mass is 9.72. The molecule has 0 spiro atoms. The summed E-state index contributed by atoms with van der Waals surface area (Å²) in [6.45, 7) is 27.1. The van der Waals surface area contributed by atoms with E-state index in [-0.39, 0.29) is 16.2 Å². The van der Waals surface area contributed by atoms with Gasteiger partial charge in [0, 0.05) is 5.41 Å². The normalized spacial score (nSPS) is 19.4. The van der Waals surface area contributed by atoms with Crippen molar-refractivity contribution in [2.24, 2.45) is 0 Å². The van der Waals surface area contributed by atoms with Gasteiger partial charge >= 0.3 is 7.12 Å². The first-order valence-corrected chi connectivity index (χ1v) is 14.1. The lowest BCUT2D eigenvalue weighted by Gasteiger charge is -2.32. The Bertz CT molecular complexity index is 1400. The van der Waals surface area contributed by atoms with E-state index in [4.69, 9.17) is 9.31 Å². The van der Waals surface area contributed by atoms with E-state index in [1.807, 2.05) is 0 Å². The average molecular weight is 509 g/mol. The SMILES string of the molecule is CC(C)(C)c1ccc2c(c1)C(C)(C)c1cc(C(C)(C)C)cc(-c3ccccc3B3OC(C)(C)C(C)(C)O3)c1-2. The van der Waals surface area contributed by atoms with Gasteiger partial charge in [-0.1, -0.05) is 104 Å². The van der Waals surface area contributed by atoms with E-state index in [0.717, 1.165) is 5.46 Å². The smallest absolute Gasteiger partial charge is 0.399 e. The third kappa shape index (κ3) is 4.18. The van der Waals surface area contributed by atoms with Crippen LogP contribution in [0, 0.1) is 0 Å². The Labute approximate surface area is 231 Å². The molecule has 3 heteroatoms. The van der Waals surface area contributed by atoms with Crippen LogP contribution in [-0.2, 0) is 25.6 Å². The molecule has 0 aromatic heterocycles. The molecule has 0 saturated carbocycles. The summed E-state index contributed by atoms with van der Waals surface area (Å²) in [6, 6.07) is 20.7. The molecule has 0 N–H and O–H groups in total. The maximum Gasteiger partial charge on any atom is 0.495 e. The van der Waals surface area contributed by atoms with Crippen LogP contribution < -0.4 is 5.46 Å². The van der Waals surface area contributed by atoms with Crippen molar-refractivity contribution >= 4 is 12.6 Å². The highest BCUT2D eigenvalue weighted by Gasteiger charge is 2.52. The molecule has 200 valence electrons. The number of rotatable bonds is 2. The molecule has 1 aliphatic heterocycles. The van der Waals surface area contributed by atoms with Crippen molar-refractivity contribution < 1.29 is 9.31 Å². The fourth-order valence-electron chi connectivity index (χ4n) is 5.88. The average Bonchev–Trinajstić information content (AvgIpc) is 3.16. The number of hydrogen-bond donors (Lipinski definition) is 0. The highest BCUT2D eigenvalue weighted by molar-refractivity contribution is 6.64. The monoisotopic (exact) mass is 508 g/mol. The fraction of sp³-hybridized carbons (Fsp3) is 0.486. The summed E-state index contributed by atoms with van der Waals surface area (Å²) >= 11 is 0. The predicted octanol–water partition coefficient (Wildman–Crippen LogP) is 8.55. The summed E-state index contributed by atoms with van der Waals surface area (Å²) in [5.74, 6) is 0. The van der Waals surface area contributed by atoms with E-state index < -0.39 is 18.3 Å².